The van der Waals surface area contributed by atoms with Gasteiger partial charge in [-0.3, -0.25) is 4.90 Å². The van der Waals surface area contributed by atoms with Crippen LogP contribution in [0.25, 0.3) is 0 Å². The number of rotatable bonds is 1. The van der Waals surface area contributed by atoms with Crippen molar-refractivity contribution in [1.29, 1.82) is 0 Å². The van der Waals surface area contributed by atoms with Crippen molar-refractivity contribution in [2.75, 3.05) is 33.7 Å². The average Bonchev–Trinajstić information content (AvgIpc) is 2.44. The molecule has 0 aliphatic carbocycles. The molecule has 1 unspecified atom stereocenters. The Morgan fingerprint density at radius 3 is 2.69 bits per heavy atom. The number of hydrogen-bond donors (Lipinski definition) is 1. The highest BCUT2D eigenvalue weighted by Crippen LogP contribution is 2.23. The fraction of sp³-hybridized carbons (Fsp3) is 0.727. The Kier molecular flexibility index (Phi) is 3.16. The Bertz CT molecular complexity index is 363. The van der Waals surface area contributed by atoms with Gasteiger partial charge in [-0.1, -0.05) is 0 Å². The van der Waals surface area contributed by atoms with Crippen molar-refractivity contribution in [3.05, 3.63) is 12.0 Å². The first kappa shape index (κ1) is 11.4. The van der Waals surface area contributed by atoms with E-state index in [4.69, 9.17) is 0 Å². The van der Waals surface area contributed by atoms with Crippen LogP contribution in [0.4, 0.5) is 0 Å². The molecule has 0 radical (unpaired) electrons. The minimum absolute atomic E-state index is 0.109. The SMILES string of the molecule is CN1CCCN(C)C(c2nc(O)cn2C)C1. The second kappa shape index (κ2) is 4.43. The fourth-order valence-corrected chi connectivity index (χ4v) is 2.32. The highest BCUT2D eigenvalue weighted by atomic mass is 16.3. The topological polar surface area (TPSA) is 44.5 Å². The first-order chi connectivity index (χ1) is 7.58. The van der Waals surface area contributed by atoms with E-state index in [1.807, 2.05) is 11.6 Å². The van der Waals surface area contributed by atoms with Crippen LogP contribution in [-0.4, -0.2) is 58.2 Å². The summed E-state index contributed by atoms with van der Waals surface area (Å²) < 4.78 is 1.91. The van der Waals surface area contributed by atoms with Crippen molar-refractivity contribution in [2.24, 2.45) is 7.05 Å². The number of aromatic nitrogens is 2. The smallest absolute Gasteiger partial charge is 0.229 e. The van der Waals surface area contributed by atoms with E-state index in [2.05, 4.69) is 28.9 Å². The summed E-state index contributed by atoms with van der Waals surface area (Å²) >= 11 is 0. The van der Waals surface area contributed by atoms with Crippen LogP contribution in [0.3, 0.4) is 0 Å². The van der Waals surface area contributed by atoms with Crippen molar-refractivity contribution in [3.63, 3.8) is 0 Å². The van der Waals surface area contributed by atoms with Gasteiger partial charge in [-0.05, 0) is 33.6 Å². The molecule has 5 nitrogen and oxygen atoms in total. The Morgan fingerprint density at radius 1 is 1.31 bits per heavy atom. The van der Waals surface area contributed by atoms with Crippen LogP contribution in [0.5, 0.6) is 5.88 Å². The third-order valence-corrected chi connectivity index (χ3v) is 3.26. The zero-order chi connectivity index (χ0) is 11.7. The molecule has 0 saturated carbocycles. The average molecular weight is 224 g/mol. The monoisotopic (exact) mass is 224 g/mol. The zero-order valence-electron chi connectivity index (χ0n) is 10.2. The minimum Gasteiger partial charge on any atom is -0.492 e. The summed E-state index contributed by atoms with van der Waals surface area (Å²) in [5, 5.41) is 9.42. The van der Waals surface area contributed by atoms with Crippen LogP contribution in [-0.2, 0) is 7.05 Å². The van der Waals surface area contributed by atoms with Gasteiger partial charge in [0.1, 0.15) is 5.82 Å². The van der Waals surface area contributed by atoms with Gasteiger partial charge in [0.2, 0.25) is 5.88 Å². The van der Waals surface area contributed by atoms with E-state index in [9.17, 15) is 5.11 Å². The predicted molar refractivity (Wildman–Crippen MR) is 62.4 cm³/mol. The molecule has 90 valence electrons. The third kappa shape index (κ3) is 2.20. The van der Waals surface area contributed by atoms with Crippen LogP contribution >= 0.6 is 0 Å². The molecule has 1 aromatic rings. The number of aryl methyl sites for hydroxylation is 1. The summed E-state index contributed by atoms with van der Waals surface area (Å²) in [6.07, 6.45) is 2.84. The largest absolute Gasteiger partial charge is 0.492 e. The van der Waals surface area contributed by atoms with Gasteiger partial charge in [0.15, 0.2) is 0 Å². The van der Waals surface area contributed by atoms with Gasteiger partial charge in [0.25, 0.3) is 0 Å². The molecule has 16 heavy (non-hydrogen) atoms. The molecule has 0 aromatic carbocycles. The Labute approximate surface area is 96.3 Å². The number of hydrogen-bond acceptors (Lipinski definition) is 4. The normalized spacial score (nSPS) is 24.6. The lowest BCUT2D eigenvalue weighted by atomic mass is 10.2. The first-order valence-corrected chi connectivity index (χ1v) is 5.69. The second-order valence-corrected chi connectivity index (χ2v) is 4.68. The molecule has 1 aromatic heterocycles. The Hall–Kier alpha value is -1.07. The second-order valence-electron chi connectivity index (χ2n) is 4.68. The number of nitrogens with zero attached hydrogens (tertiary/aromatic N) is 4. The molecule has 0 bridgehead atoms. The molecule has 1 atom stereocenters. The number of imidazole rings is 1. The summed E-state index contributed by atoms with van der Waals surface area (Å²) in [6.45, 7) is 3.15. The molecular weight excluding hydrogens is 204 g/mol. The molecular formula is C11H20N4O. The van der Waals surface area contributed by atoms with E-state index < -0.39 is 0 Å². The van der Waals surface area contributed by atoms with Crippen LogP contribution in [0.2, 0.25) is 0 Å². The summed E-state index contributed by atoms with van der Waals surface area (Å²) in [5.74, 6) is 1.05. The molecule has 1 aliphatic rings. The quantitative estimate of drug-likeness (QED) is 0.751. The molecule has 2 heterocycles. The van der Waals surface area contributed by atoms with E-state index in [0.717, 1.165) is 25.5 Å². The van der Waals surface area contributed by atoms with Gasteiger partial charge >= 0.3 is 0 Å². The predicted octanol–water partition coefficient (Wildman–Crippen LogP) is 0.434. The van der Waals surface area contributed by atoms with Crippen LogP contribution in [0, 0.1) is 0 Å². The molecule has 0 spiro atoms. The lowest BCUT2D eigenvalue weighted by molar-refractivity contribution is 0.216. The van der Waals surface area contributed by atoms with E-state index in [0.29, 0.717) is 0 Å². The van der Waals surface area contributed by atoms with E-state index >= 15 is 0 Å². The lowest BCUT2D eigenvalue weighted by Gasteiger charge is -2.26. The van der Waals surface area contributed by atoms with Crippen molar-refractivity contribution in [1.82, 2.24) is 19.4 Å². The maximum atomic E-state index is 9.42. The van der Waals surface area contributed by atoms with Crippen LogP contribution in [0.1, 0.15) is 18.3 Å². The molecule has 1 fully saturated rings. The molecule has 1 saturated heterocycles. The summed E-state index contributed by atoms with van der Waals surface area (Å²) in [4.78, 5) is 8.84. The molecule has 1 aliphatic heterocycles. The van der Waals surface area contributed by atoms with E-state index in [1.165, 1.54) is 6.42 Å². The molecule has 2 rings (SSSR count). The fourth-order valence-electron chi connectivity index (χ4n) is 2.32. The van der Waals surface area contributed by atoms with E-state index in [-0.39, 0.29) is 11.9 Å². The number of aromatic hydroxyl groups is 1. The van der Waals surface area contributed by atoms with Gasteiger partial charge < -0.3 is 14.6 Å². The van der Waals surface area contributed by atoms with Crippen molar-refractivity contribution >= 4 is 0 Å². The maximum Gasteiger partial charge on any atom is 0.229 e. The highest BCUT2D eigenvalue weighted by molar-refractivity contribution is 5.11. The van der Waals surface area contributed by atoms with Gasteiger partial charge in [0, 0.05) is 13.6 Å². The molecule has 1 N–H and O–H groups in total. The van der Waals surface area contributed by atoms with Gasteiger partial charge in [-0.2, -0.15) is 4.98 Å². The highest BCUT2D eigenvalue weighted by Gasteiger charge is 2.25. The van der Waals surface area contributed by atoms with Crippen LogP contribution in [0.15, 0.2) is 6.20 Å². The van der Waals surface area contributed by atoms with Crippen LogP contribution < -0.4 is 0 Å². The summed E-state index contributed by atoms with van der Waals surface area (Å²) in [5.41, 5.74) is 0. The number of likely N-dealkylation sites (N-methyl/N-ethyl adjacent to an activating group) is 2. The summed E-state index contributed by atoms with van der Waals surface area (Å²) in [6, 6.07) is 0.262. The first-order valence-electron chi connectivity index (χ1n) is 5.69. The maximum absolute atomic E-state index is 9.42. The zero-order valence-corrected chi connectivity index (χ0v) is 10.2. The van der Waals surface area contributed by atoms with Gasteiger partial charge in [-0.25, -0.2) is 0 Å². The lowest BCUT2D eigenvalue weighted by Crippen LogP contribution is -2.32. The molecule has 0 amide bonds. The van der Waals surface area contributed by atoms with Gasteiger partial charge in [-0.15, -0.1) is 0 Å². The Morgan fingerprint density at radius 2 is 2.06 bits per heavy atom. The summed E-state index contributed by atoms with van der Waals surface area (Å²) in [7, 11) is 6.19. The third-order valence-electron chi connectivity index (χ3n) is 3.26. The van der Waals surface area contributed by atoms with Crippen molar-refractivity contribution in [2.45, 2.75) is 12.5 Å². The minimum atomic E-state index is 0.109. The van der Waals surface area contributed by atoms with E-state index in [1.54, 1.807) is 6.20 Å². The Balaban J connectivity index is 2.26. The molecule has 5 heteroatoms. The van der Waals surface area contributed by atoms with Crippen molar-refractivity contribution in [3.8, 4) is 5.88 Å². The standard InChI is InChI=1S/C11H20N4O/c1-13-5-4-6-14(2)9(7-13)11-12-10(16)8-15(11)3/h8-9,16H,4-7H2,1-3H3. The van der Waals surface area contributed by atoms with Gasteiger partial charge in [0.05, 0.1) is 12.2 Å². The van der Waals surface area contributed by atoms with Crippen molar-refractivity contribution < 1.29 is 5.11 Å².